The van der Waals surface area contributed by atoms with Crippen molar-refractivity contribution in [1.29, 1.82) is 0 Å². The van der Waals surface area contributed by atoms with E-state index in [0.29, 0.717) is 5.56 Å². The number of benzene rings is 1. The van der Waals surface area contributed by atoms with Crippen LogP contribution in [0.3, 0.4) is 0 Å². The molecule has 0 amide bonds. The Morgan fingerprint density at radius 2 is 1.87 bits per heavy atom. The van der Waals surface area contributed by atoms with Crippen molar-refractivity contribution in [3.8, 4) is 11.3 Å². The van der Waals surface area contributed by atoms with E-state index in [2.05, 4.69) is 4.98 Å². The zero-order valence-electron chi connectivity index (χ0n) is 16.3. The van der Waals surface area contributed by atoms with Crippen LogP contribution in [0.25, 0.3) is 33.3 Å². The maximum atomic E-state index is 7.62. The van der Waals surface area contributed by atoms with Crippen molar-refractivity contribution in [2.45, 2.75) is 20.7 Å². The summed E-state index contributed by atoms with van der Waals surface area (Å²) < 4.78 is 30.7. The van der Waals surface area contributed by atoms with Crippen LogP contribution in [0, 0.1) is 20.7 Å². The largest absolute Gasteiger partial charge is 0.454 e. The van der Waals surface area contributed by atoms with Gasteiger partial charge in [-0.05, 0) is 50.5 Å². The zero-order chi connectivity index (χ0) is 18.6. The first-order chi connectivity index (χ1) is 12.3. The Hall–Kier alpha value is -2.68. The highest BCUT2D eigenvalue weighted by molar-refractivity contribution is 6.10. The molecule has 0 spiro atoms. The van der Waals surface area contributed by atoms with Crippen LogP contribution in [0.15, 0.2) is 47.0 Å². The summed E-state index contributed by atoms with van der Waals surface area (Å²) >= 11 is 0. The van der Waals surface area contributed by atoms with Crippen LogP contribution in [0.1, 0.15) is 20.9 Å². The van der Waals surface area contributed by atoms with Gasteiger partial charge in [0.15, 0.2) is 11.8 Å². The fourth-order valence-electron chi connectivity index (χ4n) is 3.13. The van der Waals surface area contributed by atoms with E-state index < -0.39 is 6.85 Å². The Labute approximate surface area is 139 Å². The van der Waals surface area contributed by atoms with Gasteiger partial charge in [-0.1, -0.05) is 6.07 Å². The molecule has 0 N–H and O–H groups in total. The van der Waals surface area contributed by atoms with Crippen LogP contribution in [0.2, 0.25) is 0 Å². The molecule has 0 bridgehead atoms. The molecule has 0 aliphatic carbocycles. The standard InChI is InChI=1S/C20H19N2O/c1-12-5-8-15(22(4)11-12)18-13(2)6-9-16-19(18)20-17(23-16)10-7-14(3)21-20/h5-11H,1-4H3/q+1/i1D3. The Morgan fingerprint density at radius 3 is 2.65 bits per heavy atom. The van der Waals surface area contributed by atoms with Crippen molar-refractivity contribution in [2.24, 2.45) is 7.05 Å². The van der Waals surface area contributed by atoms with Crippen molar-refractivity contribution < 1.29 is 13.1 Å². The van der Waals surface area contributed by atoms with Crippen LogP contribution in [0.4, 0.5) is 0 Å². The number of fused-ring (bicyclic) bond motifs is 3. The van der Waals surface area contributed by atoms with E-state index in [9.17, 15) is 0 Å². The molecule has 0 atom stereocenters. The molecule has 23 heavy (non-hydrogen) atoms. The smallest absolute Gasteiger partial charge is 0.213 e. The summed E-state index contributed by atoms with van der Waals surface area (Å²) in [5, 5.41) is 0.959. The number of nitrogens with zero attached hydrogens (tertiary/aromatic N) is 2. The summed E-state index contributed by atoms with van der Waals surface area (Å²) in [4.78, 5) is 4.68. The summed E-state index contributed by atoms with van der Waals surface area (Å²) in [6.45, 7) is 1.87. The van der Waals surface area contributed by atoms with E-state index in [0.717, 1.165) is 44.6 Å². The van der Waals surface area contributed by atoms with E-state index in [1.165, 1.54) is 0 Å². The average Bonchev–Trinajstić information content (AvgIpc) is 2.92. The number of aromatic nitrogens is 2. The van der Waals surface area contributed by atoms with Crippen molar-refractivity contribution >= 4 is 22.1 Å². The molecule has 3 heteroatoms. The Balaban J connectivity index is 2.07. The predicted molar refractivity (Wildman–Crippen MR) is 92.3 cm³/mol. The number of aryl methyl sites for hydroxylation is 4. The number of hydrogen-bond donors (Lipinski definition) is 0. The zero-order valence-corrected chi connectivity index (χ0v) is 13.3. The number of rotatable bonds is 1. The van der Waals surface area contributed by atoms with Gasteiger partial charge < -0.3 is 4.42 Å². The van der Waals surface area contributed by atoms with Crippen molar-refractivity contribution in [3.63, 3.8) is 0 Å². The van der Waals surface area contributed by atoms with Gasteiger partial charge in [-0.2, -0.15) is 0 Å². The molecule has 3 nitrogen and oxygen atoms in total. The molecule has 0 aliphatic heterocycles. The molecule has 0 radical (unpaired) electrons. The normalized spacial score (nSPS) is 14.0. The predicted octanol–water partition coefficient (Wildman–Crippen LogP) is 4.40. The number of hydrogen-bond acceptors (Lipinski definition) is 2. The van der Waals surface area contributed by atoms with Gasteiger partial charge in [0.1, 0.15) is 18.1 Å². The van der Waals surface area contributed by atoms with Gasteiger partial charge in [-0.15, -0.1) is 0 Å². The first kappa shape index (κ1) is 10.9. The van der Waals surface area contributed by atoms with Crippen LogP contribution in [0.5, 0.6) is 0 Å². The SMILES string of the molecule is [2H]C([2H])([2H])c1ccc(-c2c(C)ccc3oc4ccc(C)nc4c23)[n+](C)c1. The molecule has 0 unspecified atom stereocenters. The second kappa shape index (κ2) is 4.92. The third-order valence-electron chi connectivity index (χ3n) is 4.22. The summed E-state index contributed by atoms with van der Waals surface area (Å²) in [5.41, 5.74) is 6.62. The van der Waals surface area contributed by atoms with Gasteiger partial charge in [-0.3, -0.25) is 0 Å². The van der Waals surface area contributed by atoms with Crippen molar-refractivity contribution in [1.82, 2.24) is 4.98 Å². The topological polar surface area (TPSA) is 29.9 Å². The monoisotopic (exact) mass is 306 g/mol. The molecule has 114 valence electrons. The second-order valence-electron chi connectivity index (χ2n) is 5.95. The molecule has 0 saturated heterocycles. The maximum absolute atomic E-state index is 7.62. The first-order valence-corrected chi connectivity index (χ1v) is 7.56. The summed E-state index contributed by atoms with van der Waals surface area (Å²) in [5.74, 6) is 0. The van der Waals surface area contributed by atoms with Crippen molar-refractivity contribution in [2.75, 3.05) is 0 Å². The van der Waals surface area contributed by atoms with Gasteiger partial charge in [0.05, 0.1) is 10.9 Å². The molecule has 4 aromatic rings. The van der Waals surface area contributed by atoms with E-state index in [1.54, 1.807) is 12.3 Å². The van der Waals surface area contributed by atoms with Crippen LogP contribution in [-0.2, 0) is 7.05 Å². The lowest BCUT2D eigenvalue weighted by Crippen LogP contribution is -2.31. The minimum Gasteiger partial charge on any atom is -0.454 e. The van der Waals surface area contributed by atoms with Crippen LogP contribution >= 0.6 is 0 Å². The van der Waals surface area contributed by atoms with Gasteiger partial charge in [0.25, 0.3) is 0 Å². The molecule has 0 saturated carbocycles. The lowest BCUT2D eigenvalue weighted by molar-refractivity contribution is -0.660. The lowest BCUT2D eigenvalue weighted by atomic mass is 9.99. The highest BCUT2D eigenvalue weighted by Crippen LogP contribution is 2.36. The molecule has 0 aliphatic rings. The molecule has 3 heterocycles. The third kappa shape index (κ3) is 2.12. The number of furan rings is 1. The Kier molecular flexibility index (Phi) is 2.34. The number of pyridine rings is 2. The summed E-state index contributed by atoms with van der Waals surface area (Å²) in [6.07, 6.45) is 1.67. The highest BCUT2D eigenvalue weighted by atomic mass is 16.3. The van der Waals surface area contributed by atoms with Gasteiger partial charge in [0.2, 0.25) is 5.69 Å². The molecule has 3 aromatic heterocycles. The van der Waals surface area contributed by atoms with Crippen LogP contribution in [-0.4, -0.2) is 4.98 Å². The van der Waals surface area contributed by atoms with Crippen molar-refractivity contribution in [3.05, 3.63) is 59.4 Å². The van der Waals surface area contributed by atoms with E-state index in [1.807, 2.05) is 55.8 Å². The second-order valence-corrected chi connectivity index (χ2v) is 5.95. The highest BCUT2D eigenvalue weighted by Gasteiger charge is 2.21. The molecule has 4 rings (SSSR count). The summed E-state index contributed by atoms with van der Waals surface area (Å²) in [7, 11) is 1.86. The first-order valence-electron chi connectivity index (χ1n) is 9.06. The minimum absolute atomic E-state index is 0.319. The quantitative estimate of drug-likeness (QED) is 0.488. The summed E-state index contributed by atoms with van der Waals surface area (Å²) in [6, 6.07) is 11.4. The molecule has 0 fully saturated rings. The van der Waals surface area contributed by atoms with Gasteiger partial charge in [-0.25, -0.2) is 9.55 Å². The molecule has 1 aromatic carbocycles. The minimum atomic E-state index is -2.13. The fraction of sp³-hybridized carbons (Fsp3) is 0.200. The Bertz CT molecular complexity index is 1160. The van der Waals surface area contributed by atoms with E-state index >= 15 is 0 Å². The van der Waals surface area contributed by atoms with E-state index in [-0.39, 0.29) is 0 Å². The Morgan fingerprint density at radius 1 is 1.04 bits per heavy atom. The maximum Gasteiger partial charge on any atom is 0.213 e. The van der Waals surface area contributed by atoms with Gasteiger partial charge >= 0.3 is 0 Å². The molecular weight excluding hydrogens is 284 g/mol. The van der Waals surface area contributed by atoms with Crippen LogP contribution < -0.4 is 4.57 Å². The van der Waals surface area contributed by atoms with Gasteiger partial charge in [0, 0.05) is 21.4 Å². The lowest BCUT2D eigenvalue weighted by Gasteiger charge is -2.06. The van der Waals surface area contributed by atoms with E-state index in [4.69, 9.17) is 8.53 Å². The molecular formula is C20H19N2O+. The third-order valence-corrected chi connectivity index (χ3v) is 4.22. The average molecular weight is 306 g/mol. The fourth-order valence-corrected chi connectivity index (χ4v) is 3.13.